The maximum Gasteiger partial charge on any atom is 0.183 e. The Bertz CT molecular complexity index is 294. The van der Waals surface area contributed by atoms with Crippen molar-refractivity contribution in [2.75, 3.05) is 26.0 Å². The van der Waals surface area contributed by atoms with E-state index >= 15 is 0 Å². The van der Waals surface area contributed by atoms with Crippen LogP contribution >= 0.6 is 11.3 Å². The third-order valence-corrected chi connectivity index (χ3v) is 3.19. The minimum atomic E-state index is 0.463. The first-order valence-electron chi connectivity index (χ1n) is 5.32. The Labute approximate surface area is 96.5 Å². The molecule has 1 atom stereocenters. The number of nitrogens with zero attached hydrogens (tertiary/aromatic N) is 2. The SMILES string of the molecule is Cc1csc(NC(CN(C)C)C(C)C)n1. The number of nitrogens with one attached hydrogen (secondary N) is 1. The Morgan fingerprint density at radius 2 is 2.13 bits per heavy atom. The molecule has 0 aliphatic carbocycles. The molecule has 1 heterocycles. The fourth-order valence-corrected chi connectivity index (χ4v) is 2.15. The summed E-state index contributed by atoms with van der Waals surface area (Å²) in [4.78, 5) is 6.64. The lowest BCUT2D eigenvalue weighted by Crippen LogP contribution is -2.36. The highest BCUT2D eigenvalue weighted by Crippen LogP contribution is 2.18. The lowest BCUT2D eigenvalue weighted by molar-refractivity contribution is 0.344. The highest BCUT2D eigenvalue weighted by atomic mass is 32.1. The van der Waals surface area contributed by atoms with E-state index in [1.165, 1.54) is 0 Å². The van der Waals surface area contributed by atoms with Crippen molar-refractivity contribution < 1.29 is 0 Å². The molecular formula is C11H21N3S. The van der Waals surface area contributed by atoms with Crippen LogP contribution in [-0.4, -0.2) is 36.6 Å². The first kappa shape index (κ1) is 12.5. The minimum absolute atomic E-state index is 0.463. The molecule has 15 heavy (non-hydrogen) atoms. The Morgan fingerprint density at radius 1 is 1.47 bits per heavy atom. The summed E-state index contributed by atoms with van der Waals surface area (Å²) in [7, 11) is 4.20. The van der Waals surface area contributed by atoms with E-state index in [2.05, 4.69) is 48.5 Å². The summed E-state index contributed by atoms with van der Waals surface area (Å²) in [5.41, 5.74) is 1.09. The first-order chi connectivity index (χ1) is 6.99. The zero-order chi connectivity index (χ0) is 11.4. The Morgan fingerprint density at radius 3 is 2.53 bits per heavy atom. The van der Waals surface area contributed by atoms with Gasteiger partial charge < -0.3 is 10.2 Å². The predicted octanol–water partition coefficient (Wildman–Crippen LogP) is 2.45. The van der Waals surface area contributed by atoms with E-state index in [1.54, 1.807) is 11.3 Å². The third-order valence-electron chi connectivity index (χ3n) is 2.29. The number of aromatic nitrogens is 1. The summed E-state index contributed by atoms with van der Waals surface area (Å²) in [5, 5.41) is 6.61. The molecule has 4 heteroatoms. The van der Waals surface area contributed by atoms with Crippen LogP contribution in [0.1, 0.15) is 19.5 Å². The predicted molar refractivity (Wildman–Crippen MR) is 67.7 cm³/mol. The van der Waals surface area contributed by atoms with Gasteiger partial charge in [-0.3, -0.25) is 0 Å². The number of hydrogen-bond donors (Lipinski definition) is 1. The number of likely N-dealkylation sites (N-methyl/N-ethyl adjacent to an activating group) is 1. The van der Waals surface area contributed by atoms with Crippen LogP contribution in [0.3, 0.4) is 0 Å². The van der Waals surface area contributed by atoms with Gasteiger partial charge in [-0.1, -0.05) is 13.8 Å². The van der Waals surface area contributed by atoms with Crippen LogP contribution < -0.4 is 5.32 Å². The monoisotopic (exact) mass is 227 g/mol. The van der Waals surface area contributed by atoms with Crippen molar-refractivity contribution in [1.29, 1.82) is 0 Å². The zero-order valence-corrected chi connectivity index (χ0v) is 11.1. The van der Waals surface area contributed by atoms with Crippen molar-refractivity contribution in [3.05, 3.63) is 11.1 Å². The van der Waals surface area contributed by atoms with Crippen LogP contribution in [0.5, 0.6) is 0 Å². The highest BCUT2D eigenvalue weighted by Gasteiger charge is 2.15. The van der Waals surface area contributed by atoms with E-state index in [9.17, 15) is 0 Å². The largest absolute Gasteiger partial charge is 0.357 e. The molecule has 1 unspecified atom stereocenters. The van der Waals surface area contributed by atoms with Crippen molar-refractivity contribution in [3.63, 3.8) is 0 Å². The van der Waals surface area contributed by atoms with Gasteiger partial charge in [0.05, 0.1) is 5.69 Å². The van der Waals surface area contributed by atoms with E-state index in [0.29, 0.717) is 12.0 Å². The second-order valence-corrected chi connectivity index (χ2v) is 5.41. The van der Waals surface area contributed by atoms with E-state index in [-0.39, 0.29) is 0 Å². The van der Waals surface area contributed by atoms with Gasteiger partial charge in [-0.05, 0) is 26.9 Å². The smallest absolute Gasteiger partial charge is 0.183 e. The maximum atomic E-state index is 4.43. The molecule has 0 fully saturated rings. The van der Waals surface area contributed by atoms with Crippen molar-refractivity contribution in [3.8, 4) is 0 Å². The summed E-state index contributed by atoms with van der Waals surface area (Å²) < 4.78 is 0. The van der Waals surface area contributed by atoms with Gasteiger partial charge in [-0.25, -0.2) is 4.98 Å². The van der Waals surface area contributed by atoms with E-state index in [1.807, 2.05) is 6.92 Å². The molecule has 0 aliphatic rings. The molecule has 1 rings (SSSR count). The van der Waals surface area contributed by atoms with E-state index in [4.69, 9.17) is 0 Å². The number of thiazole rings is 1. The molecule has 0 radical (unpaired) electrons. The normalized spacial score (nSPS) is 13.5. The van der Waals surface area contributed by atoms with Gasteiger partial charge in [-0.2, -0.15) is 0 Å². The molecule has 0 aromatic carbocycles. The molecule has 0 saturated heterocycles. The lowest BCUT2D eigenvalue weighted by atomic mass is 10.0. The van der Waals surface area contributed by atoms with Crippen LogP contribution in [0, 0.1) is 12.8 Å². The molecule has 0 saturated carbocycles. The summed E-state index contributed by atoms with van der Waals surface area (Å²) in [6.45, 7) is 7.54. The highest BCUT2D eigenvalue weighted by molar-refractivity contribution is 7.13. The zero-order valence-electron chi connectivity index (χ0n) is 10.2. The summed E-state index contributed by atoms with van der Waals surface area (Å²) in [6, 6.07) is 0.463. The molecule has 1 N–H and O–H groups in total. The van der Waals surface area contributed by atoms with Crippen LogP contribution in [0.4, 0.5) is 5.13 Å². The lowest BCUT2D eigenvalue weighted by Gasteiger charge is -2.25. The van der Waals surface area contributed by atoms with Crippen LogP contribution in [0.2, 0.25) is 0 Å². The van der Waals surface area contributed by atoms with Crippen LogP contribution in [0.15, 0.2) is 5.38 Å². The molecule has 3 nitrogen and oxygen atoms in total. The summed E-state index contributed by atoms with van der Waals surface area (Å²) >= 11 is 1.68. The maximum absolute atomic E-state index is 4.43. The standard InChI is InChI=1S/C11H21N3S/c1-8(2)10(6-14(4)5)13-11-12-9(3)7-15-11/h7-8,10H,6H2,1-5H3,(H,12,13). The molecule has 1 aromatic heterocycles. The van der Waals surface area contributed by atoms with Gasteiger partial charge in [0.15, 0.2) is 5.13 Å². The topological polar surface area (TPSA) is 28.2 Å². The molecule has 0 bridgehead atoms. The fourth-order valence-electron chi connectivity index (χ4n) is 1.40. The quantitative estimate of drug-likeness (QED) is 0.837. The van der Waals surface area contributed by atoms with Gasteiger partial charge in [0.2, 0.25) is 0 Å². The van der Waals surface area contributed by atoms with Gasteiger partial charge in [0, 0.05) is 18.0 Å². The number of rotatable bonds is 5. The van der Waals surface area contributed by atoms with Gasteiger partial charge in [0.1, 0.15) is 0 Å². The molecule has 0 aliphatic heterocycles. The molecule has 86 valence electrons. The number of aryl methyl sites for hydroxylation is 1. The van der Waals surface area contributed by atoms with Crippen molar-refractivity contribution in [2.45, 2.75) is 26.8 Å². The summed E-state index contributed by atoms with van der Waals surface area (Å²) in [6.07, 6.45) is 0. The van der Waals surface area contributed by atoms with Gasteiger partial charge in [0.25, 0.3) is 0 Å². The van der Waals surface area contributed by atoms with Gasteiger partial charge >= 0.3 is 0 Å². The van der Waals surface area contributed by atoms with Crippen molar-refractivity contribution >= 4 is 16.5 Å². The van der Waals surface area contributed by atoms with E-state index in [0.717, 1.165) is 17.4 Å². The van der Waals surface area contributed by atoms with E-state index < -0.39 is 0 Å². The van der Waals surface area contributed by atoms with Gasteiger partial charge in [-0.15, -0.1) is 11.3 Å². The molecule has 0 amide bonds. The molecule has 0 spiro atoms. The van der Waals surface area contributed by atoms with Crippen LogP contribution in [0.25, 0.3) is 0 Å². The Balaban J connectivity index is 2.58. The summed E-state index contributed by atoms with van der Waals surface area (Å²) in [5.74, 6) is 0.608. The fraction of sp³-hybridized carbons (Fsp3) is 0.727. The number of hydrogen-bond acceptors (Lipinski definition) is 4. The van der Waals surface area contributed by atoms with Crippen molar-refractivity contribution in [2.24, 2.45) is 5.92 Å². The second-order valence-electron chi connectivity index (χ2n) is 4.55. The Kier molecular flexibility index (Phi) is 4.54. The van der Waals surface area contributed by atoms with Crippen LogP contribution in [-0.2, 0) is 0 Å². The first-order valence-corrected chi connectivity index (χ1v) is 6.20. The van der Waals surface area contributed by atoms with Crippen molar-refractivity contribution in [1.82, 2.24) is 9.88 Å². The average molecular weight is 227 g/mol. The average Bonchev–Trinajstić information content (AvgIpc) is 2.49. The minimum Gasteiger partial charge on any atom is -0.357 e. The second kappa shape index (κ2) is 5.47. The molecule has 1 aromatic rings. The molecular weight excluding hydrogens is 206 g/mol. The third kappa shape index (κ3) is 4.18. The number of anilines is 1. The Hall–Kier alpha value is -0.610.